The molecule has 1 saturated carbocycles. The molecule has 0 spiro atoms. The van der Waals surface area contributed by atoms with Gasteiger partial charge in [0.25, 0.3) is 0 Å². The first-order valence-corrected chi connectivity index (χ1v) is 5.24. The summed E-state index contributed by atoms with van der Waals surface area (Å²) in [5, 5.41) is 0. The Bertz CT molecular complexity index is 181. The van der Waals surface area contributed by atoms with Crippen LogP contribution in [0.5, 0.6) is 0 Å². The van der Waals surface area contributed by atoms with Crippen LogP contribution in [0.25, 0.3) is 0 Å². The lowest BCUT2D eigenvalue weighted by atomic mass is 9.98. The third-order valence-electron chi connectivity index (χ3n) is 2.33. The van der Waals surface area contributed by atoms with E-state index in [1.54, 1.807) is 0 Å². The van der Waals surface area contributed by atoms with E-state index in [4.69, 9.17) is 4.74 Å². The summed E-state index contributed by atoms with van der Waals surface area (Å²) in [5.41, 5.74) is 1.31. The molecule has 0 saturated heterocycles. The zero-order valence-electron chi connectivity index (χ0n) is 8.75. The molecule has 0 aromatic rings. The van der Waals surface area contributed by atoms with Crippen LogP contribution in [0.4, 0.5) is 0 Å². The number of ether oxygens (including phenoxy) is 1. The highest BCUT2D eigenvalue weighted by Gasteiger charge is 2.12. The fourth-order valence-electron chi connectivity index (χ4n) is 1.59. The minimum atomic E-state index is 0.482. The molecule has 0 amide bonds. The first-order valence-electron chi connectivity index (χ1n) is 5.24. The van der Waals surface area contributed by atoms with E-state index < -0.39 is 0 Å². The number of hydrogen-bond acceptors (Lipinski definition) is 1. The molecule has 0 unspecified atom stereocenters. The molecule has 1 aliphatic rings. The van der Waals surface area contributed by atoms with E-state index >= 15 is 0 Å². The molecule has 1 nitrogen and oxygen atoms in total. The lowest BCUT2D eigenvalue weighted by molar-refractivity contribution is 0.106. The monoisotopic (exact) mass is 180 g/mol. The molecule has 13 heavy (non-hydrogen) atoms. The van der Waals surface area contributed by atoms with E-state index in [0.717, 1.165) is 0 Å². The summed E-state index contributed by atoms with van der Waals surface area (Å²) in [6.07, 6.45) is 12.9. The zero-order chi connectivity index (χ0) is 9.52. The summed E-state index contributed by atoms with van der Waals surface area (Å²) >= 11 is 0. The number of allylic oxidation sites excluding steroid dienone is 3. The van der Waals surface area contributed by atoms with Gasteiger partial charge in [-0.1, -0.05) is 18.1 Å². The van der Waals surface area contributed by atoms with E-state index in [9.17, 15) is 0 Å². The van der Waals surface area contributed by atoms with Crippen LogP contribution in [0.15, 0.2) is 24.0 Å². The van der Waals surface area contributed by atoms with Gasteiger partial charge in [0, 0.05) is 0 Å². The molecule has 0 radical (unpaired) electrons. The largest absolute Gasteiger partial charge is 0.498 e. The maximum atomic E-state index is 5.61. The van der Waals surface area contributed by atoms with Crippen molar-refractivity contribution in [2.75, 3.05) is 0 Å². The summed E-state index contributed by atoms with van der Waals surface area (Å²) in [5.74, 6) is 0. The highest BCUT2D eigenvalue weighted by atomic mass is 16.5. The van der Waals surface area contributed by atoms with Gasteiger partial charge in [0.2, 0.25) is 0 Å². The molecule has 1 fully saturated rings. The Morgan fingerprint density at radius 1 is 1.15 bits per heavy atom. The molecular weight excluding hydrogens is 160 g/mol. The molecule has 1 rings (SSSR count). The molecule has 0 aromatic carbocycles. The predicted molar refractivity (Wildman–Crippen MR) is 56.5 cm³/mol. The normalized spacial score (nSPS) is 18.9. The van der Waals surface area contributed by atoms with E-state index in [-0.39, 0.29) is 0 Å². The first-order chi connectivity index (χ1) is 6.29. The number of rotatable bonds is 3. The Kier molecular flexibility index (Phi) is 4.66. The van der Waals surface area contributed by atoms with Gasteiger partial charge in [-0.05, 0) is 45.6 Å². The molecule has 1 heteroatoms. The second-order valence-corrected chi connectivity index (χ2v) is 3.97. The van der Waals surface area contributed by atoms with Crippen LogP contribution < -0.4 is 0 Å². The fourth-order valence-corrected chi connectivity index (χ4v) is 1.59. The van der Waals surface area contributed by atoms with Crippen LogP contribution in [0.1, 0.15) is 46.0 Å². The second kappa shape index (κ2) is 5.85. The summed E-state index contributed by atoms with van der Waals surface area (Å²) in [6.45, 7) is 4.18. The van der Waals surface area contributed by atoms with E-state index in [2.05, 4.69) is 19.9 Å². The average Bonchev–Trinajstić information content (AvgIpc) is 2.14. The summed E-state index contributed by atoms with van der Waals surface area (Å²) in [7, 11) is 0. The van der Waals surface area contributed by atoms with E-state index in [0.29, 0.717) is 6.10 Å². The Hall–Kier alpha value is -0.720. The molecule has 74 valence electrons. The lowest BCUT2D eigenvalue weighted by Gasteiger charge is -2.20. The molecule has 1 aliphatic carbocycles. The molecule has 0 N–H and O–H groups in total. The van der Waals surface area contributed by atoms with Gasteiger partial charge in [0.15, 0.2) is 0 Å². The van der Waals surface area contributed by atoms with Crippen LogP contribution in [0, 0.1) is 0 Å². The van der Waals surface area contributed by atoms with Gasteiger partial charge in [0.05, 0.1) is 12.4 Å². The number of hydrogen-bond donors (Lipinski definition) is 0. The SMILES string of the molecule is CC(C)=C/C=C/OC1CCCCC1. The minimum Gasteiger partial charge on any atom is -0.498 e. The predicted octanol–water partition coefficient (Wildman–Crippen LogP) is 3.82. The molecule has 0 aliphatic heterocycles. The standard InChI is InChI=1S/C12H20O/c1-11(2)7-6-10-13-12-8-4-3-5-9-12/h6-7,10,12H,3-5,8-9H2,1-2H3/b10-6+. The van der Waals surface area contributed by atoms with Crippen LogP contribution in [0.3, 0.4) is 0 Å². The topological polar surface area (TPSA) is 9.23 Å². The van der Waals surface area contributed by atoms with Crippen LogP contribution in [-0.2, 0) is 4.74 Å². The van der Waals surface area contributed by atoms with Gasteiger partial charge < -0.3 is 4.74 Å². The quantitative estimate of drug-likeness (QED) is 0.474. The van der Waals surface area contributed by atoms with Crippen LogP contribution in [-0.4, -0.2) is 6.10 Å². The minimum absolute atomic E-state index is 0.482. The lowest BCUT2D eigenvalue weighted by Crippen LogP contribution is -2.13. The second-order valence-electron chi connectivity index (χ2n) is 3.97. The van der Waals surface area contributed by atoms with Crippen molar-refractivity contribution in [2.45, 2.75) is 52.1 Å². The first kappa shape index (κ1) is 10.4. The van der Waals surface area contributed by atoms with Crippen molar-refractivity contribution in [3.63, 3.8) is 0 Å². The molecule has 0 heterocycles. The van der Waals surface area contributed by atoms with Gasteiger partial charge in [-0.15, -0.1) is 0 Å². The van der Waals surface area contributed by atoms with Crippen LogP contribution >= 0.6 is 0 Å². The van der Waals surface area contributed by atoms with Crippen molar-refractivity contribution in [1.82, 2.24) is 0 Å². The van der Waals surface area contributed by atoms with Gasteiger partial charge in [0.1, 0.15) is 0 Å². The summed E-state index contributed by atoms with van der Waals surface area (Å²) < 4.78 is 5.61. The van der Waals surface area contributed by atoms with Crippen molar-refractivity contribution < 1.29 is 4.74 Å². The summed E-state index contributed by atoms with van der Waals surface area (Å²) in [6, 6.07) is 0. The summed E-state index contributed by atoms with van der Waals surface area (Å²) in [4.78, 5) is 0. The molecule has 0 bridgehead atoms. The molecule has 0 atom stereocenters. The van der Waals surface area contributed by atoms with Gasteiger partial charge >= 0.3 is 0 Å². The van der Waals surface area contributed by atoms with Gasteiger partial charge in [-0.25, -0.2) is 0 Å². The van der Waals surface area contributed by atoms with Crippen molar-refractivity contribution in [2.24, 2.45) is 0 Å². The van der Waals surface area contributed by atoms with E-state index in [1.165, 1.54) is 37.7 Å². The maximum absolute atomic E-state index is 5.61. The van der Waals surface area contributed by atoms with Gasteiger partial charge in [-0.3, -0.25) is 0 Å². The van der Waals surface area contributed by atoms with Crippen molar-refractivity contribution >= 4 is 0 Å². The van der Waals surface area contributed by atoms with Crippen molar-refractivity contribution in [3.8, 4) is 0 Å². The van der Waals surface area contributed by atoms with Gasteiger partial charge in [-0.2, -0.15) is 0 Å². The highest BCUT2D eigenvalue weighted by molar-refractivity contribution is 5.06. The third-order valence-corrected chi connectivity index (χ3v) is 2.33. The maximum Gasteiger partial charge on any atom is 0.0978 e. The van der Waals surface area contributed by atoms with E-state index in [1.807, 2.05) is 12.3 Å². The third kappa shape index (κ3) is 4.76. The Morgan fingerprint density at radius 3 is 2.46 bits per heavy atom. The Labute approximate surface area is 81.5 Å². The average molecular weight is 180 g/mol. The molecule has 0 aromatic heterocycles. The fraction of sp³-hybridized carbons (Fsp3) is 0.667. The smallest absolute Gasteiger partial charge is 0.0978 e. The zero-order valence-corrected chi connectivity index (χ0v) is 8.75. The van der Waals surface area contributed by atoms with Crippen LogP contribution in [0.2, 0.25) is 0 Å². The Morgan fingerprint density at radius 2 is 1.85 bits per heavy atom. The van der Waals surface area contributed by atoms with Crippen molar-refractivity contribution in [1.29, 1.82) is 0 Å². The highest BCUT2D eigenvalue weighted by Crippen LogP contribution is 2.20. The Balaban J connectivity index is 2.17. The van der Waals surface area contributed by atoms with Crippen molar-refractivity contribution in [3.05, 3.63) is 24.0 Å². The molecular formula is C12H20O.